The van der Waals surface area contributed by atoms with Crippen LogP contribution in [0.5, 0.6) is 5.75 Å². The Morgan fingerprint density at radius 3 is 2.43 bits per heavy atom. The maximum Gasteiger partial charge on any atom is 0.258 e. The molecule has 2 aromatic rings. The van der Waals surface area contributed by atoms with Gasteiger partial charge in [-0.15, -0.1) is 0 Å². The Kier molecular flexibility index (Phi) is 8.55. The van der Waals surface area contributed by atoms with E-state index in [0.717, 1.165) is 56.6 Å². The van der Waals surface area contributed by atoms with Gasteiger partial charge in [-0.2, -0.15) is 0 Å². The molecule has 5 rings (SSSR count). The number of benzene rings is 2. The van der Waals surface area contributed by atoms with Crippen LogP contribution in [0.25, 0.3) is 0 Å². The van der Waals surface area contributed by atoms with Gasteiger partial charge in [-0.1, -0.05) is 35.3 Å². The van der Waals surface area contributed by atoms with Crippen LogP contribution in [0.15, 0.2) is 42.5 Å². The second kappa shape index (κ2) is 12.0. The first-order chi connectivity index (χ1) is 17.9. The number of amides is 2. The van der Waals surface area contributed by atoms with Crippen molar-refractivity contribution in [1.29, 1.82) is 0 Å². The summed E-state index contributed by atoms with van der Waals surface area (Å²) in [4.78, 5) is 28.1. The highest BCUT2D eigenvalue weighted by atomic mass is 35.5. The van der Waals surface area contributed by atoms with Crippen LogP contribution >= 0.6 is 23.2 Å². The van der Waals surface area contributed by atoms with E-state index in [9.17, 15) is 9.59 Å². The molecule has 37 heavy (non-hydrogen) atoms. The van der Waals surface area contributed by atoms with Gasteiger partial charge in [0.25, 0.3) is 5.91 Å². The van der Waals surface area contributed by atoms with Crippen LogP contribution in [0.3, 0.4) is 0 Å². The van der Waals surface area contributed by atoms with Crippen LogP contribution in [0, 0.1) is 5.92 Å². The lowest BCUT2D eigenvalue weighted by Gasteiger charge is -2.39. The topological polar surface area (TPSA) is 82.7 Å². The summed E-state index contributed by atoms with van der Waals surface area (Å²) in [6.45, 7) is 2.40. The van der Waals surface area contributed by atoms with Crippen molar-refractivity contribution in [3.8, 4) is 5.75 Å². The maximum atomic E-state index is 12.8. The van der Waals surface area contributed by atoms with Crippen molar-refractivity contribution in [3.63, 3.8) is 0 Å². The van der Waals surface area contributed by atoms with Gasteiger partial charge in [0.2, 0.25) is 5.91 Å². The number of nitrogens with zero attached hydrogens (tertiary/aromatic N) is 1. The Bertz CT molecular complexity index is 1090. The van der Waals surface area contributed by atoms with E-state index < -0.39 is 0 Å². The van der Waals surface area contributed by atoms with E-state index in [1.807, 2.05) is 12.1 Å². The van der Waals surface area contributed by atoms with Crippen molar-refractivity contribution in [2.24, 2.45) is 5.92 Å². The van der Waals surface area contributed by atoms with Crippen LogP contribution in [0.4, 0.5) is 5.69 Å². The summed E-state index contributed by atoms with van der Waals surface area (Å²) < 4.78 is 5.84. The van der Waals surface area contributed by atoms with Crippen molar-refractivity contribution in [3.05, 3.63) is 58.1 Å². The third-order valence-corrected chi connectivity index (χ3v) is 8.24. The molecule has 198 valence electrons. The summed E-state index contributed by atoms with van der Waals surface area (Å²) in [6, 6.07) is 14.2. The van der Waals surface area contributed by atoms with Crippen molar-refractivity contribution in [2.75, 3.05) is 25.0 Å². The number of rotatable bonds is 8. The molecule has 3 unspecified atom stereocenters. The minimum atomic E-state index is -0.153. The number of carbonyl (C=O) groups is 2. The largest absolute Gasteiger partial charge is 0.482 e. The molecule has 0 aliphatic carbocycles. The summed E-state index contributed by atoms with van der Waals surface area (Å²) in [6.07, 6.45) is 6.01. The summed E-state index contributed by atoms with van der Waals surface area (Å²) in [7, 11) is 0. The monoisotopic (exact) mass is 544 g/mol. The Hall–Kier alpha value is -2.32. The number of halogens is 2. The molecule has 0 aromatic heterocycles. The number of hydrogen-bond acceptors (Lipinski definition) is 5. The molecule has 2 amide bonds. The van der Waals surface area contributed by atoms with Gasteiger partial charge < -0.3 is 20.7 Å². The predicted molar refractivity (Wildman–Crippen MR) is 146 cm³/mol. The van der Waals surface area contributed by atoms with E-state index >= 15 is 0 Å². The Morgan fingerprint density at radius 2 is 1.73 bits per heavy atom. The number of nitrogens with one attached hydrogen (secondary N) is 3. The molecule has 0 radical (unpaired) electrons. The molecule has 3 aliphatic heterocycles. The van der Waals surface area contributed by atoms with Gasteiger partial charge in [0.15, 0.2) is 6.61 Å². The third kappa shape index (κ3) is 6.77. The second-order valence-electron chi connectivity index (χ2n) is 10.4. The first kappa shape index (κ1) is 26.3. The van der Waals surface area contributed by atoms with E-state index in [4.69, 9.17) is 27.9 Å². The zero-order valence-electron chi connectivity index (χ0n) is 20.8. The molecular weight excluding hydrogens is 511 g/mol. The Balaban J connectivity index is 1.12. The summed E-state index contributed by atoms with van der Waals surface area (Å²) in [5.74, 6) is 0.128. The molecule has 3 heterocycles. The fourth-order valence-corrected chi connectivity index (χ4v) is 6.20. The molecule has 9 heteroatoms. The van der Waals surface area contributed by atoms with Gasteiger partial charge in [0.1, 0.15) is 5.75 Å². The average molecular weight is 546 g/mol. The highest BCUT2D eigenvalue weighted by molar-refractivity contribution is 6.31. The quantitative estimate of drug-likeness (QED) is 0.451. The molecule has 3 saturated heterocycles. The molecule has 0 saturated carbocycles. The second-order valence-corrected chi connectivity index (χ2v) is 11.3. The SMILES string of the molecule is O=C(COc1ccc(Cl)cc1NC(=O)C1CCCNC1)NC1CC2CCC(C1)N2Cc1ccc(Cl)cc1. The number of hydrogen-bond donors (Lipinski definition) is 3. The van der Waals surface area contributed by atoms with Gasteiger partial charge in [-0.05, 0) is 81.0 Å². The molecule has 3 atom stereocenters. The minimum Gasteiger partial charge on any atom is -0.482 e. The molecule has 2 aromatic carbocycles. The average Bonchev–Trinajstić information content (AvgIpc) is 3.12. The van der Waals surface area contributed by atoms with Crippen molar-refractivity contribution in [1.82, 2.24) is 15.5 Å². The normalized spacial score (nSPS) is 25.5. The number of piperidine rings is 2. The predicted octanol–water partition coefficient (Wildman–Crippen LogP) is 4.62. The fraction of sp³-hybridized carbons (Fsp3) is 0.500. The van der Waals surface area contributed by atoms with Gasteiger partial charge in [0.05, 0.1) is 11.6 Å². The van der Waals surface area contributed by atoms with E-state index in [1.54, 1.807) is 18.2 Å². The lowest BCUT2D eigenvalue weighted by molar-refractivity contribution is -0.124. The first-order valence-corrected chi connectivity index (χ1v) is 13.9. The molecule has 3 fully saturated rings. The molecule has 3 aliphatic rings. The van der Waals surface area contributed by atoms with Crippen LogP contribution in [0.1, 0.15) is 44.1 Å². The summed E-state index contributed by atoms with van der Waals surface area (Å²) >= 11 is 12.2. The van der Waals surface area contributed by atoms with Gasteiger partial charge in [-0.3, -0.25) is 14.5 Å². The van der Waals surface area contributed by atoms with Crippen LogP contribution in [-0.2, 0) is 16.1 Å². The molecular formula is C28H34Cl2N4O3. The first-order valence-electron chi connectivity index (χ1n) is 13.2. The summed E-state index contributed by atoms with van der Waals surface area (Å²) in [5, 5.41) is 10.6. The lowest BCUT2D eigenvalue weighted by atomic mass is 9.96. The number of anilines is 1. The highest BCUT2D eigenvalue weighted by Crippen LogP contribution is 2.37. The van der Waals surface area contributed by atoms with E-state index in [1.165, 1.54) is 5.56 Å². The maximum absolute atomic E-state index is 12.8. The summed E-state index contributed by atoms with van der Waals surface area (Å²) in [5.41, 5.74) is 1.76. The standard InChI is InChI=1S/C28H34Cl2N4O3/c29-20-5-3-18(4-6-20)16-34-23-8-9-24(34)14-22(13-23)32-27(35)17-37-26-10-7-21(30)12-25(26)33-28(36)19-2-1-11-31-15-19/h3-7,10,12,19,22-24,31H,1-2,8-9,11,13-17H2,(H,32,35)(H,33,36). The molecule has 0 spiro atoms. The molecule has 3 N–H and O–H groups in total. The highest BCUT2D eigenvalue weighted by Gasteiger charge is 2.40. The van der Waals surface area contributed by atoms with Gasteiger partial charge >= 0.3 is 0 Å². The number of ether oxygens (including phenoxy) is 1. The third-order valence-electron chi connectivity index (χ3n) is 7.75. The van der Waals surface area contributed by atoms with Gasteiger partial charge in [-0.25, -0.2) is 0 Å². The minimum absolute atomic E-state index is 0.0652. The number of carbonyl (C=O) groups excluding carboxylic acids is 2. The molecule has 7 nitrogen and oxygen atoms in total. The van der Waals surface area contributed by atoms with Crippen LogP contribution < -0.4 is 20.7 Å². The zero-order chi connectivity index (χ0) is 25.8. The van der Waals surface area contributed by atoms with Crippen molar-refractivity contribution < 1.29 is 14.3 Å². The lowest BCUT2D eigenvalue weighted by Crippen LogP contribution is -2.50. The van der Waals surface area contributed by atoms with Gasteiger partial charge in [0, 0.05) is 41.3 Å². The van der Waals surface area contributed by atoms with Crippen molar-refractivity contribution in [2.45, 2.75) is 63.2 Å². The van der Waals surface area contributed by atoms with E-state index in [0.29, 0.717) is 35.1 Å². The smallest absolute Gasteiger partial charge is 0.258 e. The number of fused-ring (bicyclic) bond motifs is 2. The molecule has 2 bridgehead atoms. The van der Waals surface area contributed by atoms with E-state index in [-0.39, 0.29) is 30.4 Å². The fourth-order valence-electron chi connectivity index (χ4n) is 5.90. The van der Waals surface area contributed by atoms with Crippen molar-refractivity contribution >= 4 is 40.7 Å². The van der Waals surface area contributed by atoms with Crippen LogP contribution in [0.2, 0.25) is 10.0 Å². The Morgan fingerprint density at radius 1 is 1.00 bits per heavy atom. The van der Waals surface area contributed by atoms with E-state index in [2.05, 4.69) is 33.0 Å². The van der Waals surface area contributed by atoms with Crippen LogP contribution in [-0.4, -0.2) is 54.5 Å². The zero-order valence-corrected chi connectivity index (χ0v) is 22.4. The Labute approximate surface area is 228 Å².